The van der Waals surface area contributed by atoms with Crippen LogP contribution in [-0.4, -0.2) is 59.7 Å². The van der Waals surface area contributed by atoms with Gasteiger partial charge in [0.15, 0.2) is 0 Å². The van der Waals surface area contributed by atoms with Crippen molar-refractivity contribution in [1.29, 1.82) is 0 Å². The Labute approximate surface area is 247 Å². The Morgan fingerprint density at radius 2 is 1.60 bits per heavy atom. The molecule has 0 saturated carbocycles. The average molecular weight is 597 g/mol. The molecule has 226 valence electrons. The van der Waals surface area contributed by atoms with Crippen LogP contribution in [0.1, 0.15) is 46.6 Å². The molecule has 0 aliphatic rings. The first-order valence-electron chi connectivity index (χ1n) is 13.8. The Balaban J connectivity index is 2.22. The highest BCUT2D eigenvalue weighted by Gasteiger charge is 2.46. The van der Waals surface area contributed by atoms with Gasteiger partial charge in [0.25, 0.3) is 0 Å². The highest BCUT2D eigenvalue weighted by atomic mass is 32.2. The number of benzene rings is 2. The van der Waals surface area contributed by atoms with Gasteiger partial charge >= 0.3 is 5.97 Å². The van der Waals surface area contributed by atoms with Gasteiger partial charge in [-0.25, -0.2) is 8.42 Å². The molecule has 3 rings (SSSR count). The molecule has 0 aliphatic carbocycles. The number of aliphatic carboxylic acids is 1. The Morgan fingerprint density at radius 3 is 2.17 bits per heavy atom. The molecule has 42 heavy (non-hydrogen) atoms. The van der Waals surface area contributed by atoms with Crippen LogP contribution in [0.4, 0.5) is 0 Å². The zero-order valence-electron chi connectivity index (χ0n) is 24.9. The molecule has 3 atom stereocenters. The molecule has 0 spiro atoms. The third-order valence-electron chi connectivity index (χ3n) is 7.03. The third kappa shape index (κ3) is 7.51. The monoisotopic (exact) mass is 596 g/mol. The molecule has 1 aromatic heterocycles. The summed E-state index contributed by atoms with van der Waals surface area (Å²) in [7, 11) is -3.08. The van der Waals surface area contributed by atoms with Crippen molar-refractivity contribution in [1.82, 2.24) is 19.9 Å². The van der Waals surface area contributed by atoms with Crippen molar-refractivity contribution in [2.75, 3.05) is 7.05 Å². The number of para-hydroxylation sites is 1. The number of nitrogens with one attached hydrogen (secondary N) is 2. The van der Waals surface area contributed by atoms with Crippen LogP contribution in [0.25, 0.3) is 10.9 Å². The van der Waals surface area contributed by atoms with Gasteiger partial charge in [0, 0.05) is 25.2 Å². The van der Waals surface area contributed by atoms with Crippen LogP contribution in [0, 0.1) is 17.3 Å². The van der Waals surface area contributed by atoms with Crippen molar-refractivity contribution < 1.29 is 27.9 Å². The number of hydrogen-bond acceptors (Lipinski definition) is 6. The van der Waals surface area contributed by atoms with E-state index in [-0.39, 0.29) is 29.3 Å². The standard InChI is InChI=1S/C31H40N4O6S/c1-20(2)18-23(28(36)34-27(29(37)32-6)31(3,4)5)26(30(38)39)35(19-21-12-8-7-9-13-21)42(40,41)24-16-10-14-22-15-11-17-33-25(22)24/h7-17,20,23,26-27H,18-19H2,1-6H3,(H,32,37)(H,34,36)(H,38,39)/t23-,26+,27-/m1/s1. The largest absolute Gasteiger partial charge is 0.480 e. The molecule has 10 nitrogen and oxygen atoms in total. The van der Waals surface area contributed by atoms with Gasteiger partial charge < -0.3 is 15.7 Å². The lowest BCUT2D eigenvalue weighted by molar-refractivity contribution is -0.148. The van der Waals surface area contributed by atoms with Crippen LogP contribution in [0.15, 0.2) is 71.8 Å². The van der Waals surface area contributed by atoms with Crippen molar-refractivity contribution >= 4 is 38.7 Å². The first-order valence-corrected chi connectivity index (χ1v) is 15.3. The first-order chi connectivity index (χ1) is 19.7. The fourth-order valence-corrected chi connectivity index (χ4v) is 6.73. The molecule has 2 amide bonds. The van der Waals surface area contributed by atoms with Crippen molar-refractivity contribution in [3.63, 3.8) is 0 Å². The number of carbonyl (C=O) groups is 3. The zero-order valence-corrected chi connectivity index (χ0v) is 25.7. The number of carboxylic acid groups (broad SMARTS) is 1. The number of amides is 2. The van der Waals surface area contributed by atoms with Crippen molar-refractivity contribution in [2.24, 2.45) is 17.3 Å². The van der Waals surface area contributed by atoms with Crippen molar-refractivity contribution in [3.05, 3.63) is 72.4 Å². The number of hydrogen-bond donors (Lipinski definition) is 3. The molecule has 3 N–H and O–H groups in total. The van der Waals surface area contributed by atoms with E-state index in [4.69, 9.17) is 0 Å². The van der Waals surface area contributed by atoms with Crippen LogP contribution in [0.2, 0.25) is 0 Å². The number of fused-ring (bicyclic) bond motifs is 1. The number of sulfonamides is 1. The second-order valence-electron chi connectivity index (χ2n) is 11.8. The minimum Gasteiger partial charge on any atom is -0.480 e. The molecule has 1 heterocycles. The molecule has 0 radical (unpaired) electrons. The van der Waals surface area contributed by atoms with Crippen LogP contribution in [0.5, 0.6) is 0 Å². The van der Waals surface area contributed by atoms with Gasteiger partial charge in [0.05, 0.1) is 11.4 Å². The molecular formula is C31H40N4O6S. The predicted octanol–water partition coefficient (Wildman–Crippen LogP) is 3.82. The minimum atomic E-state index is -4.53. The van der Waals surface area contributed by atoms with Crippen molar-refractivity contribution in [3.8, 4) is 0 Å². The third-order valence-corrected chi connectivity index (χ3v) is 8.89. The van der Waals surface area contributed by atoms with Crippen LogP contribution in [0.3, 0.4) is 0 Å². The summed E-state index contributed by atoms with van der Waals surface area (Å²) in [6, 6.07) is 13.9. The van der Waals surface area contributed by atoms with Gasteiger partial charge in [-0.2, -0.15) is 4.31 Å². The molecule has 2 aromatic carbocycles. The van der Waals surface area contributed by atoms with E-state index in [1.807, 2.05) is 13.8 Å². The Morgan fingerprint density at radius 1 is 0.952 bits per heavy atom. The SMILES string of the molecule is CNC(=O)[C@@H](NC(=O)[C@H](CC(C)C)[C@@H](C(=O)O)N(Cc1ccccc1)S(=O)(=O)c1cccc2cccnc12)C(C)(C)C. The zero-order chi connectivity index (χ0) is 31.2. The van der Waals surface area contributed by atoms with Gasteiger partial charge in [0.2, 0.25) is 21.8 Å². The molecule has 3 aromatic rings. The number of aromatic nitrogens is 1. The fraction of sp³-hybridized carbons (Fsp3) is 0.419. The first kappa shape index (κ1) is 32.7. The van der Waals surface area contributed by atoms with E-state index in [1.54, 1.807) is 75.4 Å². The maximum atomic E-state index is 14.5. The molecule has 0 bridgehead atoms. The summed E-state index contributed by atoms with van der Waals surface area (Å²) in [6.45, 7) is 8.67. The van der Waals surface area contributed by atoms with Gasteiger partial charge in [-0.15, -0.1) is 0 Å². The van der Waals surface area contributed by atoms with Crippen LogP contribution >= 0.6 is 0 Å². The fourth-order valence-electron chi connectivity index (χ4n) is 4.96. The Bertz CT molecular complexity index is 1510. The number of likely N-dealkylation sites (N-methyl/N-ethyl adjacent to an activating group) is 1. The second kappa shape index (κ2) is 13.4. The van der Waals surface area contributed by atoms with E-state index in [0.717, 1.165) is 4.31 Å². The van der Waals surface area contributed by atoms with Gasteiger partial charge in [-0.3, -0.25) is 19.4 Å². The molecular weight excluding hydrogens is 556 g/mol. The predicted molar refractivity (Wildman–Crippen MR) is 161 cm³/mol. The lowest BCUT2D eigenvalue weighted by atomic mass is 9.84. The number of nitrogens with zero attached hydrogens (tertiary/aromatic N) is 2. The van der Waals surface area contributed by atoms with Gasteiger partial charge in [-0.1, -0.05) is 83.1 Å². The maximum absolute atomic E-state index is 14.5. The summed E-state index contributed by atoms with van der Waals surface area (Å²) in [6.07, 6.45) is 1.53. The summed E-state index contributed by atoms with van der Waals surface area (Å²) >= 11 is 0. The topological polar surface area (TPSA) is 146 Å². The highest BCUT2D eigenvalue weighted by molar-refractivity contribution is 7.89. The number of rotatable bonds is 12. The highest BCUT2D eigenvalue weighted by Crippen LogP contribution is 2.32. The molecule has 0 aliphatic heterocycles. The van der Waals surface area contributed by atoms with E-state index in [9.17, 15) is 27.9 Å². The van der Waals surface area contributed by atoms with Crippen LogP contribution in [-0.2, 0) is 31.0 Å². The number of pyridine rings is 1. The number of carbonyl (C=O) groups excluding carboxylic acids is 2. The van der Waals surface area contributed by atoms with E-state index >= 15 is 0 Å². The molecule has 11 heteroatoms. The lowest BCUT2D eigenvalue weighted by Crippen LogP contribution is -2.58. The Kier molecular flexibility index (Phi) is 10.5. The molecule has 0 saturated heterocycles. The summed E-state index contributed by atoms with van der Waals surface area (Å²) < 4.78 is 29.8. The summed E-state index contributed by atoms with van der Waals surface area (Å²) in [5.74, 6) is -4.13. The Hall–Kier alpha value is -3.83. The minimum absolute atomic E-state index is 0.0575. The summed E-state index contributed by atoms with van der Waals surface area (Å²) in [4.78, 5) is 43.9. The smallest absolute Gasteiger partial charge is 0.322 e. The van der Waals surface area contributed by atoms with E-state index in [1.165, 1.54) is 19.3 Å². The average Bonchev–Trinajstić information content (AvgIpc) is 2.93. The molecule has 0 unspecified atom stereocenters. The molecule has 0 fully saturated rings. The van der Waals surface area contributed by atoms with Gasteiger partial charge in [0.1, 0.15) is 17.0 Å². The maximum Gasteiger partial charge on any atom is 0.322 e. The number of carboxylic acids is 1. The normalized spacial score (nSPS) is 14.4. The van der Waals surface area contributed by atoms with E-state index in [0.29, 0.717) is 10.9 Å². The quantitative estimate of drug-likeness (QED) is 0.288. The lowest BCUT2D eigenvalue weighted by Gasteiger charge is -2.36. The summed E-state index contributed by atoms with van der Waals surface area (Å²) in [5.41, 5.74) is 0.0306. The van der Waals surface area contributed by atoms with E-state index < -0.39 is 51.2 Å². The van der Waals surface area contributed by atoms with Crippen LogP contribution < -0.4 is 10.6 Å². The van der Waals surface area contributed by atoms with E-state index in [2.05, 4.69) is 15.6 Å². The summed E-state index contributed by atoms with van der Waals surface area (Å²) in [5, 5.41) is 16.5. The van der Waals surface area contributed by atoms with Crippen molar-refractivity contribution in [2.45, 2.75) is 64.6 Å². The van der Waals surface area contributed by atoms with Gasteiger partial charge in [-0.05, 0) is 35.4 Å². The second-order valence-corrected chi connectivity index (χ2v) is 13.7.